The van der Waals surface area contributed by atoms with Crippen LogP contribution in [-0.4, -0.2) is 87.3 Å². The van der Waals surface area contributed by atoms with E-state index in [0.717, 1.165) is 26.3 Å². The van der Waals surface area contributed by atoms with E-state index in [1.54, 1.807) is 0 Å². The maximum absolute atomic E-state index is 5.91. The van der Waals surface area contributed by atoms with Crippen molar-refractivity contribution >= 4 is 16.9 Å². The third-order valence-corrected chi connectivity index (χ3v) is 9.09. The van der Waals surface area contributed by atoms with Crippen molar-refractivity contribution in [3.05, 3.63) is 0 Å². The molecule has 6 nitrogen and oxygen atoms in total. The Kier molecular flexibility index (Phi) is 10.3. The summed E-state index contributed by atoms with van der Waals surface area (Å²) in [5.41, 5.74) is 0.698. The Bertz CT molecular complexity index is 424. The van der Waals surface area contributed by atoms with E-state index < -0.39 is 16.9 Å². The lowest BCUT2D eigenvalue weighted by atomic mass is 9.81. The highest BCUT2D eigenvalue weighted by Gasteiger charge is 2.35. The standard InChI is InChI=1S/2C10H23N2OP/c2*1-10(2,3)9-7-12(6)14(11(4)5)13-8-9/h2*9H,7-8H2,1-6H3. The first kappa shape index (κ1) is 26.7. The summed E-state index contributed by atoms with van der Waals surface area (Å²) in [6.45, 7) is 17.8. The van der Waals surface area contributed by atoms with Gasteiger partial charge in [-0.1, -0.05) is 41.5 Å². The molecule has 2 fully saturated rings. The molecule has 2 aliphatic rings. The van der Waals surface area contributed by atoms with Gasteiger partial charge in [0.1, 0.15) is 0 Å². The average Bonchev–Trinajstić information content (AvgIpc) is 2.52. The van der Waals surface area contributed by atoms with E-state index in [4.69, 9.17) is 9.05 Å². The average molecular weight is 437 g/mol. The molecule has 0 aromatic rings. The minimum absolute atomic E-state index is 0.349. The SMILES string of the molecule is CN(C)P1OCC(C(C)(C)C)CN1C.CN(C)P1OCC(C(C)(C)C)CN1C. The minimum Gasteiger partial charge on any atom is -0.331 e. The third-order valence-electron chi connectivity index (χ3n) is 5.47. The van der Waals surface area contributed by atoms with E-state index in [9.17, 15) is 0 Å². The van der Waals surface area contributed by atoms with Crippen molar-refractivity contribution in [3.8, 4) is 0 Å². The lowest BCUT2D eigenvalue weighted by Gasteiger charge is -2.43. The molecule has 2 aliphatic heterocycles. The van der Waals surface area contributed by atoms with Crippen molar-refractivity contribution in [2.75, 3.05) is 68.6 Å². The largest absolute Gasteiger partial charge is 0.331 e. The smallest absolute Gasteiger partial charge is 0.187 e. The zero-order valence-electron chi connectivity index (χ0n) is 20.5. The molecular formula is C20H46N4O2P2. The first-order valence-electron chi connectivity index (χ1n) is 10.3. The van der Waals surface area contributed by atoms with Gasteiger partial charge in [0, 0.05) is 24.9 Å². The van der Waals surface area contributed by atoms with Crippen LogP contribution in [0.2, 0.25) is 0 Å². The van der Waals surface area contributed by atoms with Crippen LogP contribution in [0.5, 0.6) is 0 Å². The van der Waals surface area contributed by atoms with E-state index in [1.165, 1.54) is 0 Å². The molecule has 168 valence electrons. The van der Waals surface area contributed by atoms with Crippen LogP contribution in [0, 0.1) is 22.7 Å². The topological polar surface area (TPSA) is 31.4 Å². The van der Waals surface area contributed by atoms with Crippen LogP contribution in [0.15, 0.2) is 0 Å². The van der Waals surface area contributed by atoms with Gasteiger partial charge in [-0.15, -0.1) is 0 Å². The summed E-state index contributed by atoms with van der Waals surface area (Å²) in [4.78, 5) is 0. The molecular weight excluding hydrogens is 390 g/mol. The molecule has 0 bridgehead atoms. The van der Waals surface area contributed by atoms with E-state index in [-0.39, 0.29) is 0 Å². The molecule has 4 atom stereocenters. The van der Waals surface area contributed by atoms with Gasteiger partial charge in [0.2, 0.25) is 0 Å². The Morgan fingerprint density at radius 2 is 0.964 bits per heavy atom. The number of hydrogen-bond acceptors (Lipinski definition) is 6. The summed E-state index contributed by atoms with van der Waals surface area (Å²) in [7, 11) is 11.6. The van der Waals surface area contributed by atoms with Gasteiger partial charge >= 0.3 is 0 Å². The number of rotatable bonds is 2. The summed E-state index contributed by atoms with van der Waals surface area (Å²) in [6, 6.07) is 0. The number of nitrogens with zero attached hydrogens (tertiary/aromatic N) is 4. The van der Waals surface area contributed by atoms with Gasteiger partial charge in [0.15, 0.2) is 16.9 Å². The highest BCUT2D eigenvalue weighted by Crippen LogP contribution is 2.49. The molecule has 8 heteroatoms. The van der Waals surface area contributed by atoms with E-state index >= 15 is 0 Å². The molecule has 0 N–H and O–H groups in total. The number of hydrogen-bond donors (Lipinski definition) is 0. The van der Waals surface area contributed by atoms with Crippen LogP contribution in [0.25, 0.3) is 0 Å². The second-order valence-electron chi connectivity index (χ2n) is 10.6. The van der Waals surface area contributed by atoms with E-state index in [2.05, 4.69) is 103 Å². The second-order valence-corrected chi connectivity index (χ2v) is 15.1. The molecule has 0 aromatic heterocycles. The lowest BCUT2D eigenvalue weighted by Crippen LogP contribution is -2.40. The molecule has 0 spiro atoms. The zero-order valence-corrected chi connectivity index (χ0v) is 22.3. The van der Waals surface area contributed by atoms with Crippen molar-refractivity contribution in [1.82, 2.24) is 18.7 Å². The third kappa shape index (κ3) is 8.04. The normalized spacial score (nSPS) is 31.1. The fourth-order valence-corrected chi connectivity index (χ4v) is 6.66. The zero-order chi connectivity index (χ0) is 21.9. The maximum atomic E-state index is 5.91. The van der Waals surface area contributed by atoms with Gasteiger partial charge in [0.05, 0.1) is 13.2 Å². The molecule has 0 amide bonds. The second kappa shape index (κ2) is 10.8. The minimum atomic E-state index is -0.499. The Balaban J connectivity index is 0.000000280. The molecule has 4 unspecified atom stereocenters. The predicted octanol–water partition coefficient (Wildman–Crippen LogP) is 4.80. The van der Waals surface area contributed by atoms with Gasteiger partial charge < -0.3 is 9.05 Å². The Morgan fingerprint density at radius 3 is 1.14 bits per heavy atom. The fraction of sp³-hybridized carbons (Fsp3) is 1.00. The summed E-state index contributed by atoms with van der Waals surface area (Å²) < 4.78 is 20.8. The van der Waals surface area contributed by atoms with Crippen molar-refractivity contribution in [1.29, 1.82) is 0 Å². The van der Waals surface area contributed by atoms with Gasteiger partial charge in [0.25, 0.3) is 0 Å². The van der Waals surface area contributed by atoms with Crippen LogP contribution in [0.4, 0.5) is 0 Å². The maximum Gasteiger partial charge on any atom is 0.187 e. The lowest BCUT2D eigenvalue weighted by molar-refractivity contribution is 0.0936. The molecule has 0 saturated carbocycles. The van der Waals surface area contributed by atoms with Crippen molar-refractivity contribution in [2.24, 2.45) is 22.7 Å². The summed E-state index contributed by atoms with van der Waals surface area (Å²) in [5.74, 6) is 1.29. The van der Waals surface area contributed by atoms with E-state index in [1.807, 2.05) is 0 Å². The Morgan fingerprint density at radius 1 is 0.679 bits per heavy atom. The molecule has 2 rings (SSSR count). The first-order chi connectivity index (χ1) is 12.6. The molecule has 0 radical (unpaired) electrons. The summed E-state index contributed by atoms with van der Waals surface area (Å²) in [5, 5.41) is 0. The van der Waals surface area contributed by atoms with Crippen LogP contribution in [0.1, 0.15) is 41.5 Å². The van der Waals surface area contributed by atoms with Crippen LogP contribution in [0.3, 0.4) is 0 Å². The van der Waals surface area contributed by atoms with Gasteiger partial charge in [-0.25, -0.2) is 9.34 Å². The van der Waals surface area contributed by atoms with Gasteiger partial charge in [-0.05, 0) is 53.1 Å². The van der Waals surface area contributed by atoms with Crippen molar-refractivity contribution < 1.29 is 9.05 Å². The van der Waals surface area contributed by atoms with Gasteiger partial charge in [-0.3, -0.25) is 9.34 Å². The predicted molar refractivity (Wildman–Crippen MR) is 124 cm³/mol. The quantitative estimate of drug-likeness (QED) is 0.578. The fourth-order valence-electron chi connectivity index (χ4n) is 3.28. The molecule has 2 heterocycles. The Labute approximate surface area is 177 Å². The molecule has 2 saturated heterocycles. The Hall–Kier alpha value is 0.620. The monoisotopic (exact) mass is 436 g/mol. The van der Waals surface area contributed by atoms with Crippen molar-refractivity contribution in [2.45, 2.75) is 41.5 Å². The molecule has 28 heavy (non-hydrogen) atoms. The summed E-state index contributed by atoms with van der Waals surface area (Å²) >= 11 is 0. The van der Waals surface area contributed by atoms with Crippen LogP contribution < -0.4 is 0 Å². The van der Waals surface area contributed by atoms with Crippen LogP contribution in [-0.2, 0) is 9.05 Å². The summed E-state index contributed by atoms with van der Waals surface area (Å²) in [6.07, 6.45) is 0. The van der Waals surface area contributed by atoms with Gasteiger partial charge in [-0.2, -0.15) is 0 Å². The molecule has 0 aromatic carbocycles. The highest BCUT2D eigenvalue weighted by atomic mass is 31.2. The molecule has 0 aliphatic carbocycles. The van der Waals surface area contributed by atoms with Crippen LogP contribution >= 0.6 is 16.9 Å². The van der Waals surface area contributed by atoms with E-state index in [0.29, 0.717) is 22.7 Å². The van der Waals surface area contributed by atoms with Crippen molar-refractivity contribution in [3.63, 3.8) is 0 Å². The highest BCUT2D eigenvalue weighted by molar-refractivity contribution is 7.47. The first-order valence-corrected chi connectivity index (χ1v) is 12.6.